The first-order chi connectivity index (χ1) is 32.8. The molecule has 0 aromatic carbocycles. The molecule has 1 heterocycles. The van der Waals surface area contributed by atoms with Crippen LogP contribution in [0.5, 0.6) is 0 Å². The minimum atomic E-state index is -1.56. The normalized spacial score (nSPS) is 19.7. The van der Waals surface area contributed by atoms with E-state index in [2.05, 4.69) is 19.2 Å². The Morgan fingerprint density at radius 3 is 1.16 bits per heavy atom. The molecule has 1 aliphatic rings. The van der Waals surface area contributed by atoms with Gasteiger partial charge in [0, 0.05) is 6.42 Å². The Morgan fingerprint density at radius 2 is 0.821 bits per heavy atom. The number of nitrogens with one attached hydrogen (secondary N) is 1. The average molecular weight is 953 g/mol. The molecule has 0 aromatic rings. The first kappa shape index (κ1) is 63.9. The minimum Gasteiger partial charge on any atom is -0.394 e. The number of carbonyl (C=O) groups excluding carboxylic acids is 1. The molecule has 9 nitrogen and oxygen atoms in total. The van der Waals surface area contributed by atoms with Crippen LogP contribution in [0.15, 0.2) is 12.2 Å². The molecular weight excluding hydrogens is 839 g/mol. The lowest BCUT2D eigenvalue weighted by Gasteiger charge is -2.40. The molecule has 398 valence electrons. The second-order valence-corrected chi connectivity index (χ2v) is 20.8. The molecule has 9 heteroatoms. The predicted octanol–water partition coefficient (Wildman–Crippen LogP) is 14.4. The van der Waals surface area contributed by atoms with Gasteiger partial charge in [-0.1, -0.05) is 283 Å². The zero-order valence-electron chi connectivity index (χ0n) is 44.2. The average Bonchev–Trinajstić information content (AvgIpc) is 3.33. The second kappa shape index (κ2) is 48.6. The van der Waals surface area contributed by atoms with Gasteiger partial charge in [-0.3, -0.25) is 4.79 Å². The first-order valence-electron chi connectivity index (χ1n) is 29.4. The Bertz CT molecular complexity index is 1060. The van der Waals surface area contributed by atoms with Gasteiger partial charge in [-0.15, -0.1) is 0 Å². The Balaban J connectivity index is 2.10. The van der Waals surface area contributed by atoms with Crippen molar-refractivity contribution in [3.63, 3.8) is 0 Å². The van der Waals surface area contributed by atoms with Gasteiger partial charge < -0.3 is 40.3 Å². The maximum absolute atomic E-state index is 13.0. The molecule has 1 aliphatic heterocycles. The van der Waals surface area contributed by atoms with E-state index in [9.17, 15) is 30.3 Å². The third-order valence-corrected chi connectivity index (χ3v) is 14.4. The topological polar surface area (TPSA) is 149 Å². The zero-order chi connectivity index (χ0) is 48.7. The molecule has 67 heavy (non-hydrogen) atoms. The van der Waals surface area contributed by atoms with Crippen molar-refractivity contribution in [1.29, 1.82) is 0 Å². The lowest BCUT2D eigenvalue weighted by Crippen LogP contribution is -2.60. The van der Waals surface area contributed by atoms with Crippen molar-refractivity contribution < 1.29 is 39.8 Å². The molecule has 0 bridgehead atoms. The predicted molar refractivity (Wildman–Crippen MR) is 281 cm³/mol. The van der Waals surface area contributed by atoms with Gasteiger partial charge in [0.05, 0.1) is 25.4 Å². The van der Waals surface area contributed by atoms with Crippen LogP contribution in [-0.4, -0.2) is 87.5 Å². The summed E-state index contributed by atoms with van der Waals surface area (Å²) in [5.74, 6) is -0.171. The smallest absolute Gasteiger partial charge is 0.220 e. The van der Waals surface area contributed by atoms with E-state index in [1.165, 1.54) is 238 Å². The number of unbranched alkanes of at least 4 members (excludes halogenated alkanes) is 41. The molecule has 7 unspecified atom stereocenters. The highest BCUT2D eigenvalue weighted by molar-refractivity contribution is 5.76. The molecule has 0 spiro atoms. The Hall–Kier alpha value is -1.07. The van der Waals surface area contributed by atoms with E-state index < -0.39 is 49.5 Å². The fourth-order valence-electron chi connectivity index (χ4n) is 9.69. The van der Waals surface area contributed by atoms with E-state index in [-0.39, 0.29) is 12.5 Å². The summed E-state index contributed by atoms with van der Waals surface area (Å²) in [5.41, 5.74) is 0. The molecule has 1 fully saturated rings. The lowest BCUT2D eigenvalue weighted by molar-refractivity contribution is -0.302. The van der Waals surface area contributed by atoms with Crippen molar-refractivity contribution in [1.82, 2.24) is 5.32 Å². The Labute approximate surface area is 414 Å². The third kappa shape index (κ3) is 38.3. The summed E-state index contributed by atoms with van der Waals surface area (Å²) in [6.07, 6.45) is 53.0. The molecule has 1 rings (SSSR count). The molecule has 0 radical (unpaired) electrons. The number of amides is 1. The highest BCUT2D eigenvalue weighted by Crippen LogP contribution is 2.23. The van der Waals surface area contributed by atoms with Gasteiger partial charge in [0.1, 0.15) is 24.4 Å². The minimum absolute atomic E-state index is 0.171. The number of hydrogen-bond donors (Lipinski definition) is 6. The van der Waals surface area contributed by atoms with Crippen LogP contribution in [0.2, 0.25) is 0 Å². The van der Waals surface area contributed by atoms with E-state index in [4.69, 9.17) is 9.47 Å². The van der Waals surface area contributed by atoms with Gasteiger partial charge in [-0.25, -0.2) is 0 Å². The summed E-state index contributed by atoms with van der Waals surface area (Å²) < 4.78 is 11.3. The van der Waals surface area contributed by atoms with Crippen LogP contribution in [0.4, 0.5) is 0 Å². The SMILES string of the molecule is CCCCCCCCCCCCC/C=C/C(O)C(COC1OC(CO)C(O)C(O)C1O)NC(=O)CCCCCCCCCCCCCCCCCCCCCCCCCCCCCCCCC. The van der Waals surface area contributed by atoms with Crippen molar-refractivity contribution in [3.05, 3.63) is 12.2 Å². The maximum atomic E-state index is 13.0. The van der Waals surface area contributed by atoms with Crippen LogP contribution < -0.4 is 5.32 Å². The molecule has 6 N–H and O–H groups in total. The molecule has 1 saturated heterocycles. The van der Waals surface area contributed by atoms with E-state index in [0.29, 0.717) is 6.42 Å². The van der Waals surface area contributed by atoms with Gasteiger partial charge in [0.25, 0.3) is 0 Å². The van der Waals surface area contributed by atoms with Crippen molar-refractivity contribution in [3.8, 4) is 0 Å². The van der Waals surface area contributed by atoms with Crippen LogP contribution in [-0.2, 0) is 14.3 Å². The quantitative estimate of drug-likeness (QED) is 0.0261. The van der Waals surface area contributed by atoms with E-state index in [1.54, 1.807) is 6.08 Å². The summed E-state index contributed by atoms with van der Waals surface area (Å²) in [6, 6.07) is -0.799. The summed E-state index contributed by atoms with van der Waals surface area (Å²) in [6.45, 7) is 3.81. The number of rotatable bonds is 51. The highest BCUT2D eigenvalue weighted by atomic mass is 16.7. The molecule has 7 atom stereocenters. The van der Waals surface area contributed by atoms with Crippen molar-refractivity contribution in [2.75, 3.05) is 13.2 Å². The van der Waals surface area contributed by atoms with Crippen LogP contribution in [0.1, 0.15) is 296 Å². The maximum Gasteiger partial charge on any atom is 0.220 e. The summed E-state index contributed by atoms with van der Waals surface area (Å²) >= 11 is 0. The highest BCUT2D eigenvalue weighted by Gasteiger charge is 2.44. The standard InChI is InChI=1S/C58H113NO8/c1-3-5-7-9-11-13-15-17-18-19-20-21-22-23-24-25-26-27-28-29-30-31-32-33-34-36-38-40-42-44-46-48-54(62)59-51(50-66-58-57(65)56(64)55(63)53(49-60)67-58)52(61)47-45-43-41-39-37-35-16-14-12-10-8-6-4-2/h45,47,51-53,55-58,60-61,63-65H,3-44,46,48-50H2,1-2H3,(H,59,62)/b47-45+. The summed E-state index contributed by atoms with van der Waals surface area (Å²) in [4.78, 5) is 13.0. The van der Waals surface area contributed by atoms with Crippen molar-refractivity contribution in [2.45, 2.75) is 339 Å². The van der Waals surface area contributed by atoms with E-state index in [1.807, 2.05) is 6.08 Å². The van der Waals surface area contributed by atoms with Crippen LogP contribution in [0.25, 0.3) is 0 Å². The lowest BCUT2D eigenvalue weighted by atomic mass is 9.99. The van der Waals surface area contributed by atoms with Gasteiger partial charge >= 0.3 is 0 Å². The van der Waals surface area contributed by atoms with Gasteiger partial charge in [0.15, 0.2) is 6.29 Å². The van der Waals surface area contributed by atoms with Gasteiger partial charge in [-0.2, -0.15) is 0 Å². The molecular formula is C58H113NO8. The summed E-state index contributed by atoms with van der Waals surface area (Å²) in [7, 11) is 0. The van der Waals surface area contributed by atoms with Crippen molar-refractivity contribution >= 4 is 5.91 Å². The first-order valence-corrected chi connectivity index (χ1v) is 29.4. The van der Waals surface area contributed by atoms with Gasteiger partial charge in [-0.05, 0) is 19.3 Å². The molecule has 0 aliphatic carbocycles. The number of hydrogen-bond acceptors (Lipinski definition) is 8. The van der Waals surface area contributed by atoms with Crippen LogP contribution >= 0.6 is 0 Å². The monoisotopic (exact) mass is 952 g/mol. The fourth-order valence-corrected chi connectivity index (χ4v) is 9.69. The number of allylic oxidation sites excluding steroid dienone is 1. The second-order valence-electron chi connectivity index (χ2n) is 20.8. The Kier molecular flexibility index (Phi) is 46.3. The fraction of sp³-hybridized carbons (Fsp3) is 0.948. The number of aliphatic hydroxyl groups excluding tert-OH is 5. The van der Waals surface area contributed by atoms with E-state index in [0.717, 1.165) is 38.5 Å². The van der Waals surface area contributed by atoms with Crippen LogP contribution in [0, 0.1) is 0 Å². The Morgan fingerprint density at radius 1 is 0.493 bits per heavy atom. The number of aliphatic hydroxyl groups is 5. The van der Waals surface area contributed by atoms with Gasteiger partial charge in [0.2, 0.25) is 5.91 Å². The van der Waals surface area contributed by atoms with Crippen molar-refractivity contribution in [2.24, 2.45) is 0 Å². The van der Waals surface area contributed by atoms with E-state index >= 15 is 0 Å². The number of ether oxygens (including phenoxy) is 2. The third-order valence-electron chi connectivity index (χ3n) is 14.4. The molecule has 0 aromatic heterocycles. The molecule has 0 saturated carbocycles. The van der Waals surface area contributed by atoms with Crippen LogP contribution in [0.3, 0.4) is 0 Å². The number of carbonyl (C=O) groups is 1. The molecule has 1 amide bonds. The zero-order valence-corrected chi connectivity index (χ0v) is 44.2. The summed E-state index contributed by atoms with van der Waals surface area (Å²) in [5, 5.41) is 54.4. The largest absolute Gasteiger partial charge is 0.394 e.